The van der Waals surface area contributed by atoms with Crippen molar-refractivity contribution in [3.8, 4) is 0 Å². The molecule has 1 fully saturated rings. The van der Waals surface area contributed by atoms with Gasteiger partial charge in [-0.05, 0) is 19.3 Å². The van der Waals surface area contributed by atoms with Crippen LogP contribution in [0.25, 0.3) is 0 Å². The predicted molar refractivity (Wildman–Crippen MR) is 72.2 cm³/mol. The predicted octanol–water partition coefficient (Wildman–Crippen LogP) is 0.0719. The smallest absolute Gasteiger partial charge is 0.353 e. The molecule has 1 saturated heterocycles. The summed E-state index contributed by atoms with van der Waals surface area (Å²) in [6, 6.07) is -0.471. The zero-order chi connectivity index (χ0) is 14.7. The molecule has 3 N–H and O–H groups in total. The van der Waals surface area contributed by atoms with Gasteiger partial charge in [0.15, 0.2) is 0 Å². The largest absolute Gasteiger partial charge is 0.378 e. The van der Waals surface area contributed by atoms with Crippen LogP contribution in [0.5, 0.6) is 0 Å². The van der Waals surface area contributed by atoms with E-state index < -0.39 is 11.0 Å². The number of nitrogens with zero attached hydrogens (tertiary/aromatic N) is 4. The minimum atomic E-state index is -0.611. The number of amides is 1. The summed E-state index contributed by atoms with van der Waals surface area (Å²) in [5.74, 6) is -0.270. The quantitative estimate of drug-likeness (QED) is 0.592. The molecular weight excluding hydrogens is 264 g/mol. The molecule has 0 aromatic carbocycles. The van der Waals surface area contributed by atoms with E-state index in [2.05, 4.69) is 15.3 Å². The molecule has 1 atom stereocenters. The topological polar surface area (TPSA) is 127 Å². The minimum absolute atomic E-state index is 0.107. The van der Waals surface area contributed by atoms with Gasteiger partial charge in [0.05, 0.1) is 4.92 Å². The summed E-state index contributed by atoms with van der Waals surface area (Å²) < 4.78 is 0. The second kappa shape index (κ2) is 5.68. The van der Waals surface area contributed by atoms with Crippen molar-refractivity contribution in [3.05, 3.63) is 16.4 Å². The number of anilines is 2. The lowest BCUT2D eigenvalue weighted by atomic mass is 10.0. The van der Waals surface area contributed by atoms with Crippen LogP contribution in [0.4, 0.5) is 17.3 Å². The first-order valence-electron chi connectivity index (χ1n) is 6.29. The summed E-state index contributed by atoms with van der Waals surface area (Å²) in [7, 11) is 1.54. The SMILES string of the molecule is CNC(=O)C1CCCCN1c1ncnc(N)c1[N+](=O)[O-]. The van der Waals surface area contributed by atoms with Gasteiger partial charge in [0.25, 0.3) is 0 Å². The molecule has 0 saturated carbocycles. The lowest BCUT2D eigenvalue weighted by Gasteiger charge is -2.34. The fraction of sp³-hybridized carbons (Fsp3) is 0.545. The van der Waals surface area contributed by atoms with E-state index in [4.69, 9.17) is 5.73 Å². The standard InChI is InChI=1S/C11H16N6O3/c1-13-11(18)7-4-2-3-5-16(7)10-8(17(19)20)9(12)14-6-15-10/h6-7H,2-5H2,1H3,(H,13,18)(H2,12,14,15). The van der Waals surface area contributed by atoms with Gasteiger partial charge >= 0.3 is 5.69 Å². The Morgan fingerprint density at radius 3 is 2.95 bits per heavy atom. The van der Waals surface area contributed by atoms with Crippen molar-refractivity contribution < 1.29 is 9.72 Å². The zero-order valence-electron chi connectivity index (χ0n) is 11.1. The molecule has 108 valence electrons. The van der Waals surface area contributed by atoms with Gasteiger partial charge < -0.3 is 16.0 Å². The Morgan fingerprint density at radius 1 is 1.55 bits per heavy atom. The number of nitrogen functional groups attached to an aromatic ring is 1. The summed E-state index contributed by atoms with van der Waals surface area (Å²) in [5.41, 5.74) is 5.22. The first-order chi connectivity index (χ1) is 9.56. The summed E-state index contributed by atoms with van der Waals surface area (Å²) in [6.45, 7) is 0.523. The third-order valence-electron chi connectivity index (χ3n) is 3.34. The molecule has 9 heteroatoms. The summed E-state index contributed by atoms with van der Waals surface area (Å²) in [4.78, 5) is 31.7. The first-order valence-corrected chi connectivity index (χ1v) is 6.29. The van der Waals surface area contributed by atoms with Crippen molar-refractivity contribution in [3.63, 3.8) is 0 Å². The Morgan fingerprint density at radius 2 is 2.30 bits per heavy atom. The molecule has 1 aliphatic rings. The number of nitro groups is 1. The van der Waals surface area contributed by atoms with Crippen molar-refractivity contribution in [2.45, 2.75) is 25.3 Å². The summed E-state index contributed by atoms with van der Waals surface area (Å²) in [5, 5.41) is 13.7. The number of hydrogen-bond donors (Lipinski definition) is 2. The molecule has 1 aromatic rings. The Kier molecular flexibility index (Phi) is 3.97. The number of aromatic nitrogens is 2. The van der Waals surface area contributed by atoms with Gasteiger partial charge in [-0.2, -0.15) is 0 Å². The molecule has 2 heterocycles. The highest BCUT2D eigenvalue weighted by Crippen LogP contribution is 2.33. The fourth-order valence-electron chi connectivity index (χ4n) is 2.39. The van der Waals surface area contributed by atoms with Gasteiger partial charge in [-0.25, -0.2) is 9.97 Å². The Labute approximate surface area is 115 Å². The van der Waals surface area contributed by atoms with E-state index in [1.807, 2.05) is 0 Å². The Hall–Kier alpha value is -2.45. The van der Waals surface area contributed by atoms with E-state index in [-0.39, 0.29) is 23.2 Å². The molecule has 20 heavy (non-hydrogen) atoms. The van der Waals surface area contributed by atoms with Crippen LogP contribution < -0.4 is 16.0 Å². The minimum Gasteiger partial charge on any atom is -0.378 e. The number of hydrogen-bond acceptors (Lipinski definition) is 7. The highest BCUT2D eigenvalue weighted by molar-refractivity contribution is 5.86. The number of carbonyl (C=O) groups excluding carboxylic acids is 1. The van der Waals surface area contributed by atoms with Gasteiger partial charge in [0, 0.05) is 13.6 Å². The molecular formula is C11H16N6O3. The van der Waals surface area contributed by atoms with Crippen molar-refractivity contribution in [1.82, 2.24) is 15.3 Å². The number of nitrogens with one attached hydrogen (secondary N) is 1. The molecule has 0 bridgehead atoms. The highest BCUT2D eigenvalue weighted by atomic mass is 16.6. The van der Waals surface area contributed by atoms with Gasteiger partial charge in [0.1, 0.15) is 12.4 Å². The third-order valence-corrected chi connectivity index (χ3v) is 3.34. The van der Waals surface area contributed by atoms with Crippen LogP contribution in [-0.4, -0.2) is 40.4 Å². The lowest BCUT2D eigenvalue weighted by Crippen LogP contribution is -2.49. The maximum atomic E-state index is 11.9. The van der Waals surface area contributed by atoms with Crippen molar-refractivity contribution >= 4 is 23.2 Å². The van der Waals surface area contributed by atoms with Crippen LogP contribution in [0.15, 0.2) is 6.33 Å². The van der Waals surface area contributed by atoms with Gasteiger partial charge in [0.2, 0.25) is 17.5 Å². The second-order valence-corrected chi connectivity index (χ2v) is 4.51. The second-order valence-electron chi connectivity index (χ2n) is 4.51. The number of carbonyl (C=O) groups is 1. The van der Waals surface area contributed by atoms with E-state index >= 15 is 0 Å². The molecule has 2 rings (SSSR count). The number of likely N-dealkylation sites (N-methyl/N-ethyl adjacent to an activating group) is 1. The number of rotatable bonds is 3. The lowest BCUT2D eigenvalue weighted by molar-refractivity contribution is -0.383. The van der Waals surface area contributed by atoms with E-state index in [0.29, 0.717) is 13.0 Å². The third kappa shape index (κ3) is 2.46. The Balaban J connectivity index is 2.45. The van der Waals surface area contributed by atoms with Crippen LogP contribution in [0.1, 0.15) is 19.3 Å². The molecule has 1 aromatic heterocycles. The average Bonchev–Trinajstić information content (AvgIpc) is 2.45. The number of piperidine rings is 1. The zero-order valence-corrected chi connectivity index (χ0v) is 11.1. The molecule has 0 spiro atoms. The van der Waals surface area contributed by atoms with Crippen LogP contribution in [0.3, 0.4) is 0 Å². The van der Waals surface area contributed by atoms with Gasteiger partial charge in [-0.15, -0.1) is 0 Å². The fourth-order valence-corrected chi connectivity index (χ4v) is 2.39. The molecule has 0 aliphatic carbocycles. The van der Waals surface area contributed by atoms with Crippen molar-refractivity contribution in [1.29, 1.82) is 0 Å². The number of nitrogens with two attached hydrogens (primary N) is 1. The van der Waals surface area contributed by atoms with Crippen LogP contribution >= 0.6 is 0 Å². The van der Waals surface area contributed by atoms with Gasteiger partial charge in [-0.1, -0.05) is 0 Å². The maximum Gasteiger partial charge on any atom is 0.353 e. The van der Waals surface area contributed by atoms with E-state index in [0.717, 1.165) is 12.8 Å². The molecule has 1 amide bonds. The highest BCUT2D eigenvalue weighted by Gasteiger charge is 2.34. The van der Waals surface area contributed by atoms with Crippen LogP contribution in [0, 0.1) is 10.1 Å². The van der Waals surface area contributed by atoms with E-state index in [1.54, 1.807) is 4.90 Å². The van der Waals surface area contributed by atoms with Crippen LogP contribution in [0.2, 0.25) is 0 Å². The molecule has 1 aliphatic heterocycles. The Bertz CT molecular complexity index is 535. The van der Waals surface area contributed by atoms with Crippen LogP contribution in [-0.2, 0) is 4.79 Å². The average molecular weight is 280 g/mol. The maximum absolute atomic E-state index is 11.9. The van der Waals surface area contributed by atoms with Gasteiger partial charge in [-0.3, -0.25) is 14.9 Å². The first kappa shape index (κ1) is 14.0. The monoisotopic (exact) mass is 280 g/mol. The molecule has 1 unspecified atom stereocenters. The normalized spacial score (nSPS) is 18.6. The molecule has 0 radical (unpaired) electrons. The van der Waals surface area contributed by atoms with E-state index in [1.165, 1.54) is 13.4 Å². The van der Waals surface area contributed by atoms with E-state index in [9.17, 15) is 14.9 Å². The summed E-state index contributed by atoms with van der Waals surface area (Å²) in [6.07, 6.45) is 3.53. The van der Waals surface area contributed by atoms with Crippen molar-refractivity contribution in [2.24, 2.45) is 0 Å². The van der Waals surface area contributed by atoms with Crippen molar-refractivity contribution in [2.75, 3.05) is 24.2 Å². The summed E-state index contributed by atoms with van der Waals surface area (Å²) >= 11 is 0. The molecule has 9 nitrogen and oxygen atoms in total.